The first-order chi connectivity index (χ1) is 9.34. The van der Waals surface area contributed by atoms with E-state index in [4.69, 9.17) is 11.6 Å². The Bertz CT molecular complexity index is 725. The van der Waals surface area contributed by atoms with Gasteiger partial charge in [0, 0.05) is 20.6 Å². The van der Waals surface area contributed by atoms with Crippen molar-refractivity contribution in [3.63, 3.8) is 0 Å². The van der Waals surface area contributed by atoms with E-state index in [1.807, 2.05) is 31.2 Å². The van der Waals surface area contributed by atoms with Crippen LogP contribution in [0.1, 0.15) is 11.1 Å². The lowest BCUT2D eigenvalue weighted by molar-refractivity contribution is 0.463. The van der Waals surface area contributed by atoms with Gasteiger partial charge in [0.2, 0.25) is 5.03 Å². The van der Waals surface area contributed by atoms with Crippen LogP contribution in [0.25, 0.3) is 0 Å². The molecule has 0 bridgehead atoms. The minimum Gasteiger partial charge on any atom is -0.324 e. The van der Waals surface area contributed by atoms with Gasteiger partial charge in [0.1, 0.15) is 5.15 Å². The Balaban J connectivity index is 2.31. The van der Waals surface area contributed by atoms with Crippen LogP contribution in [-0.2, 0) is 23.6 Å². The molecule has 20 heavy (non-hydrogen) atoms. The Kier molecular flexibility index (Phi) is 4.17. The summed E-state index contributed by atoms with van der Waals surface area (Å²) in [5.74, 6) is 0. The number of halogens is 1. The zero-order valence-electron chi connectivity index (χ0n) is 11.5. The van der Waals surface area contributed by atoms with Crippen molar-refractivity contribution in [3.8, 4) is 0 Å². The SMILES string of the molecule is Cc1ccccc1CN(C)S(=O)(=O)c1ncn(C)c1Cl. The van der Waals surface area contributed by atoms with Gasteiger partial charge in [0.25, 0.3) is 10.0 Å². The number of sulfonamides is 1. The van der Waals surface area contributed by atoms with Crippen LogP contribution in [0.4, 0.5) is 0 Å². The van der Waals surface area contributed by atoms with E-state index in [1.54, 1.807) is 7.05 Å². The highest BCUT2D eigenvalue weighted by Crippen LogP contribution is 2.23. The third-order valence-corrected chi connectivity index (χ3v) is 5.44. The van der Waals surface area contributed by atoms with Crippen molar-refractivity contribution in [3.05, 3.63) is 46.9 Å². The van der Waals surface area contributed by atoms with Gasteiger partial charge < -0.3 is 4.57 Å². The van der Waals surface area contributed by atoms with Crippen LogP contribution in [0.3, 0.4) is 0 Å². The normalized spacial score (nSPS) is 12.1. The predicted octanol–water partition coefficient (Wildman–Crippen LogP) is 2.20. The van der Waals surface area contributed by atoms with E-state index in [9.17, 15) is 8.42 Å². The van der Waals surface area contributed by atoms with Crippen molar-refractivity contribution >= 4 is 21.6 Å². The summed E-state index contributed by atoms with van der Waals surface area (Å²) in [6, 6.07) is 7.66. The Morgan fingerprint density at radius 1 is 1.35 bits per heavy atom. The maximum atomic E-state index is 12.4. The number of imidazole rings is 1. The number of aromatic nitrogens is 2. The summed E-state index contributed by atoms with van der Waals surface area (Å²) in [5.41, 5.74) is 1.99. The molecule has 0 N–H and O–H groups in total. The molecule has 0 spiro atoms. The third-order valence-electron chi connectivity index (χ3n) is 3.14. The van der Waals surface area contributed by atoms with Gasteiger partial charge in [-0.2, -0.15) is 4.31 Å². The number of hydrogen-bond acceptors (Lipinski definition) is 3. The van der Waals surface area contributed by atoms with E-state index in [0.29, 0.717) is 0 Å². The van der Waals surface area contributed by atoms with Gasteiger partial charge in [-0.25, -0.2) is 13.4 Å². The molecule has 0 atom stereocenters. The quantitative estimate of drug-likeness (QED) is 0.869. The second-order valence-electron chi connectivity index (χ2n) is 4.64. The maximum Gasteiger partial charge on any atom is 0.263 e. The highest BCUT2D eigenvalue weighted by atomic mass is 35.5. The zero-order valence-corrected chi connectivity index (χ0v) is 13.1. The number of aryl methyl sites for hydroxylation is 2. The van der Waals surface area contributed by atoms with Gasteiger partial charge in [-0.3, -0.25) is 0 Å². The number of benzene rings is 1. The van der Waals surface area contributed by atoms with Crippen LogP contribution in [0, 0.1) is 6.92 Å². The van der Waals surface area contributed by atoms with E-state index >= 15 is 0 Å². The van der Waals surface area contributed by atoms with Crippen molar-refractivity contribution in [1.82, 2.24) is 13.9 Å². The molecule has 0 saturated heterocycles. The third kappa shape index (κ3) is 2.72. The Morgan fingerprint density at radius 3 is 2.55 bits per heavy atom. The Morgan fingerprint density at radius 2 is 2.00 bits per heavy atom. The molecule has 2 aromatic rings. The van der Waals surface area contributed by atoms with E-state index in [1.165, 1.54) is 22.2 Å². The Hall–Kier alpha value is -1.37. The van der Waals surface area contributed by atoms with Crippen molar-refractivity contribution in [2.24, 2.45) is 7.05 Å². The number of hydrogen-bond donors (Lipinski definition) is 0. The first kappa shape index (κ1) is 15.0. The first-order valence-electron chi connectivity index (χ1n) is 6.01. The van der Waals surface area contributed by atoms with E-state index in [2.05, 4.69) is 4.98 Å². The largest absolute Gasteiger partial charge is 0.324 e. The van der Waals surface area contributed by atoms with Crippen LogP contribution >= 0.6 is 11.6 Å². The molecule has 0 aliphatic carbocycles. The molecule has 0 saturated carbocycles. The fraction of sp³-hybridized carbons (Fsp3) is 0.308. The molecule has 5 nitrogen and oxygen atoms in total. The number of nitrogens with zero attached hydrogens (tertiary/aromatic N) is 3. The lowest BCUT2D eigenvalue weighted by atomic mass is 10.1. The molecule has 0 aliphatic heterocycles. The molecule has 108 valence electrons. The van der Waals surface area contributed by atoms with Crippen molar-refractivity contribution < 1.29 is 8.42 Å². The molecular weight excluding hydrogens is 298 g/mol. The standard InChI is InChI=1S/C13H16ClN3O2S/c1-10-6-4-5-7-11(10)8-17(3)20(18,19)13-12(14)16(2)9-15-13/h4-7,9H,8H2,1-3H3. The van der Waals surface area contributed by atoms with E-state index in [-0.39, 0.29) is 16.7 Å². The van der Waals surface area contributed by atoms with Crippen molar-refractivity contribution in [2.75, 3.05) is 7.05 Å². The van der Waals surface area contributed by atoms with E-state index in [0.717, 1.165) is 11.1 Å². The summed E-state index contributed by atoms with van der Waals surface area (Å²) in [6.45, 7) is 2.23. The van der Waals surface area contributed by atoms with Crippen molar-refractivity contribution in [2.45, 2.75) is 18.5 Å². The molecule has 0 unspecified atom stereocenters. The van der Waals surface area contributed by atoms with Gasteiger partial charge in [0.15, 0.2) is 0 Å². The van der Waals surface area contributed by atoms with Crippen LogP contribution in [0.2, 0.25) is 5.15 Å². The zero-order chi connectivity index (χ0) is 14.9. The molecule has 0 amide bonds. The smallest absolute Gasteiger partial charge is 0.263 e. The molecule has 2 rings (SSSR count). The molecule has 0 fully saturated rings. The minimum absolute atomic E-state index is 0.113. The van der Waals surface area contributed by atoms with Gasteiger partial charge in [-0.1, -0.05) is 35.9 Å². The second-order valence-corrected chi connectivity index (χ2v) is 6.96. The van der Waals surface area contributed by atoms with Crippen LogP contribution < -0.4 is 0 Å². The topological polar surface area (TPSA) is 55.2 Å². The highest BCUT2D eigenvalue weighted by Gasteiger charge is 2.27. The lowest BCUT2D eigenvalue weighted by Gasteiger charge is -2.17. The lowest BCUT2D eigenvalue weighted by Crippen LogP contribution is -2.27. The summed E-state index contributed by atoms with van der Waals surface area (Å²) in [7, 11) is -0.525. The molecule has 0 aliphatic rings. The van der Waals surface area contributed by atoms with Crippen LogP contribution in [0.5, 0.6) is 0 Å². The average molecular weight is 314 g/mol. The summed E-state index contributed by atoms with van der Waals surface area (Å²) in [4.78, 5) is 3.87. The van der Waals surface area contributed by atoms with Crippen LogP contribution in [0.15, 0.2) is 35.6 Å². The minimum atomic E-state index is -3.69. The monoisotopic (exact) mass is 313 g/mol. The van der Waals surface area contributed by atoms with Gasteiger partial charge in [-0.05, 0) is 18.1 Å². The molecular formula is C13H16ClN3O2S. The Labute approximate surface area is 123 Å². The highest BCUT2D eigenvalue weighted by molar-refractivity contribution is 7.89. The molecule has 1 heterocycles. The fourth-order valence-corrected chi connectivity index (χ4v) is 3.35. The summed E-state index contributed by atoms with van der Waals surface area (Å²) >= 11 is 5.97. The maximum absolute atomic E-state index is 12.4. The summed E-state index contributed by atoms with van der Waals surface area (Å²) in [6.07, 6.45) is 1.39. The van der Waals surface area contributed by atoms with Gasteiger partial charge in [0.05, 0.1) is 6.33 Å². The predicted molar refractivity (Wildman–Crippen MR) is 78.0 cm³/mol. The van der Waals surface area contributed by atoms with Gasteiger partial charge >= 0.3 is 0 Å². The van der Waals surface area contributed by atoms with Crippen molar-refractivity contribution in [1.29, 1.82) is 0 Å². The van der Waals surface area contributed by atoms with E-state index < -0.39 is 10.0 Å². The molecule has 7 heteroatoms. The summed E-state index contributed by atoms with van der Waals surface area (Å²) < 4.78 is 27.6. The van der Waals surface area contributed by atoms with Crippen LogP contribution in [-0.4, -0.2) is 29.3 Å². The second kappa shape index (κ2) is 5.55. The molecule has 0 radical (unpaired) electrons. The fourth-order valence-electron chi connectivity index (χ4n) is 1.83. The first-order valence-corrected chi connectivity index (χ1v) is 7.83. The van der Waals surface area contributed by atoms with Gasteiger partial charge in [-0.15, -0.1) is 0 Å². The number of rotatable bonds is 4. The molecule has 1 aromatic heterocycles. The summed E-state index contributed by atoms with van der Waals surface area (Å²) in [5, 5.41) is -0.000570. The average Bonchev–Trinajstić information content (AvgIpc) is 2.73. The molecule has 1 aromatic carbocycles.